The van der Waals surface area contributed by atoms with Crippen LogP contribution < -0.4 is 5.73 Å². The highest BCUT2D eigenvalue weighted by atomic mass is 16.2. The molecule has 96 valence electrons. The van der Waals surface area contributed by atoms with Crippen LogP contribution in [0.15, 0.2) is 0 Å². The Morgan fingerprint density at radius 3 is 2.06 bits per heavy atom. The topological polar surface area (TPSA) is 46.3 Å². The molecule has 3 heteroatoms. The third-order valence-corrected chi connectivity index (χ3v) is 2.84. The first-order chi connectivity index (χ1) is 7.65. The summed E-state index contributed by atoms with van der Waals surface area (Å²) in [5.74, 6) is 0.582. The summed E-state index contributed by atoms with van der Waals surface area (Å²) in [6.07, 6.45) is 5.09. The van der Waals surface area contributed by atoms with Gasteiger partial charge in [-0.1, -0.05) is 33.6 Å². The highest BCUT2D eigenvalue weighted by molar-refractivity contribution is 5.76. The van der Waals surface area contributed by atoms with E-state index in [0.29, 0.717) is 18.9 Å². The van der Waals surface area contributed by atoms with Gasteiger partial charge in [0.15, 0.2) is 0 Å². The maximum absolute atomic E-state index is 12.0. The number of hydrogen-bond acceptors (Lipinski definition) is 2. The van der Waals surface area contributed by atoms with E-state index in [1.54, 1.807) is 0 Å². The van der Waals surface area contributed by atoms with Gasteiger partial charge in [0, 0.05) is 19.5 Å². The van der Waals surface area contributed by atoms with Crippen LogP contribution in [0.5, 0.6) is 0 Å². The lowest BCUT2D eigenvalue weighted by atomic mass is 10.1. The molecule has 0 rings (SSSR count). The fourth-order valence-electron chi connectivity index (χ4n) is 1.57. The van der Waals surface area contributed by atoms with Crippen LogP contribution in [0.25, 0.3) is 0 Å². The average Bonchev–Trinajstić information content (AvgIpc) is 2.28. The van der Waals surface area contributed by atoms with E-state index in [-0.39, 0.29) is 5.91 Å². The van der Waals surface area contributed by atoms with Gasteiger partial charge >= 0.3 is 0 Å². The Labute approximate surface area is 100 Å². The van der Waals surface area contributed by atoms with Gasteiger partial charge in [0.1, 0.15) is 0 Å². The van der Waals surface area contributed by atoms with Crippen molar-refractivity contribution in [1.82, 2.24) is 4.90 Å². The summed E-state index contributed by atoms with van der Waals surface area (Å²) in [6.45, 7) is 8.77. The maximum Gasteiger partial charge on any atom is 0.222 e. The predicted molar refractivity (Wildman–Crippen MR) is 69.2 cm³/mol. The van der Waals surface area contributed by atoms with Gasteiger partial charge in [-0.25, -0.2) is 0 Å². The van der Waals surface area contributed by atoms with Crippen LogP contribution in [0.2, 0.25) is 0 Å². The summed E-state index contributed by atoms with van der Waals surface area (Å²) < 4.78 is 0. The SMILES string of the molecule is CCCCN(CCCC)C(=O)CC(C)CN. The summed E-state index contributed by atoms with van der Waals surface area (Å²) in [6, 6.07) is 0. The van der Waals surface area contributed by atoms with Crippen molar-refractivity contribution < 1.29 is 4.79 Å². The monoisotopic (exact) mass is 228 g/mol. The summed E-state index contributed by atoms with van der Waals surface area (Å²) in [5.41, 5.74) is 5.55. The highest BCUT2D eigenvalue weighted by Gasteiger charge is 2.14. The summed E-state index contributed by atoms with van der Waals surface area (Å²) in [5, 5.41) is 0. The van der Waals surface area contributed by atoms with Crippen molar-refractivity contribution in [1.29, 1.82) is 0 Å². The lowest BCUT2D eigenvalue weighted by Gasteiger charge is -2.23. The van der Waals surface area contributed by atoms with Gasteiger partial charge in [-0.05, 0) is 25.3 Å². The third kappa shape index (κ3) is 6.83. The highest BCUT2D eigenvalue weighted by Crippen LogP contribution is 2.07. The Morgan fingerprint density at radius 2 is 1.69 bits per heavy atom. The first-order valence-corrected chi connectivity index (χ1v) is 6.63. The molecule has 0 fully saturated rings. The molecule has 3 nitrogen and oxygen atoms in total. The smallest absolute Gasteiger partial charge is 0.222 e. The van der Waals surface area contributed by atoms with Gasteiger partial charge in [0.25, 0.3) is 0 Å². The minimum absolute atomic E-state index is 0.278. The third-order valence-electron chi connectivity index (χ3n) is 2.84. The van der Waals surface area contributed by atoms with Crippen molar-refractivity contribution >= 4 is 5.91 Å². The Kier molecular flexibility index (Phi) is 9.30. The molecule has 0 saturated carbocycles. The van der Waals surface area contributed by atoms with E-state index in [9.17, 15) is 4.79 Å². The van der Waals surface area contributed by atoms with Crippen molar-refractivity contribution in [3.8, 4) is 0 Å². The van der Waals surface area contributed by atoms with Crippen LogP contribution >= 0.6 is 0 Å². The number of carbonyl (C=O) groups excluding carboxylic acids is 1. The Morgan fingerprint density at radius 1 is 1.19 bits per heavy atom. The largest absolute Gasteiger partial charge is 0.343 e. The van der Waals surface area contributed by atoms with Crippen molar-refractivity contribution in [2.75, 3.05) is 19.6 Å². The Hall–Kier alpha value is -0.570. The van der Waals surface area contributed by atoms with Gasteiger partial charge in [-0.3, -0.25) is 4.79 Å². The molecule has 1 atom stereocenters. The van der Waals surface area contributed by atoms with E-state index in [0.717, 1.165) is 38.8 Å². The number of carbonyl (C=O) groups is 1. The number of rotatable bonds is 9. The van der Waals surface area contributed by atoms with E-state index >= 15 is 0 Å². The quantitative estimate of drug-likeness (QED) is 0.658. The summed E-state index contributed by atoms with van der Waals surface area (Å²) >= 11 is 0. The first-order valence-electron chi connectivity index (χ1n) is 6.63. The van der Waals surface area contributed by atoms with Crippen molar-refractivity contribution in [2.45, 2.75) is 52.9 Å². The van der Waals surface area contributed by atoms with Crippen molar-refractivity contribution in [2.24, 2.45) is 11.7 Å². The molecule has 16 heavy (non-hydrogen) atoms. The zero-order valence-corrected chi connectivity index (χ0v) is 11.2. The van der Waals surface area contributed by atoms with Crippen LogP contribution in [0.3, 0.4) is 0 Å². The van der Waals surface area contributed by atoms with Gasteiger partial charge < -0.3 is 10.6 Å². The molecule has 0 aromatic heterocycles. The van der Waals surface area contributed by atoms with E-state index in [2.05, 4.69) is 13.8 Å². The van der Waals surface area contributed by atoms with E-state index in [1.165, 1.54) is 0 Å². The molecule has 0 aliphatic carbocycles. The maximum atomic E-state index is 12.0. The van der Waals surface area contributed by atoms with Crippen LogP contribution in [0.1, 0.15) is 52.9 Å². The Balaban J connectivity index is 4.08. The van der Waals surface area contributed by atoms with Gasteiger partial charge in [0.2, 0.25) is 5.91 Å². The lowest BCUT2D eigenvalue weighted by molar-refractivity contribution is -0.132. The average molecular weight is 228 g/mol. The van der Waals surface area contributed by atoms with Gasteiger partial charge in [-0.15, -0.1) is 0 Å². The lowest BCUT2D eigenvalue weighted by Crippen LogP contribution is -2.34. The zero-order chi connectivity index (χ0) is 12.4. The molecule has 2 N–H and O–H groups in total. The first kappa shape index (κ1) is 15.4. The molecular formula is C13H28N2O. The van der Waals surface area contributed by atoms with Crippen LogP contribution in [-0.4, -0.2) is 30.4 Å². The minimum atomic E-state index is 0.278. The molecule has 0 spiro atoms. The minimum Gasteiger partial charge on any atom is -0.343 e. The predicted octanol–water partition coefficient (Wildman–Crippen LogP) is 2.40. The van der Waals surface area contributed by atoms with Gasteiger partial charge in [0.05, 0.1) is 0 Å². The molecule has 0 saturated heterocycles. The van der Waals surface area contributed by atoms with Gasteiger partial charge in [-0.2, -0.15) is 0 Å². The summed E-state index contributed by atoms with van der Waals surface area (Å²) in [7, 11) is 0. The molecule has 0 aromatic rings. The second-order valence-corrected chi connectivity index (χ2v) is 4.63. The van der Waals surface area contributed by atoms with Crippen molar-refractivity contribution in [3.05, 3.63) is 0 Å². The number of hydrogen-bond donors (Lipinski definition) is 1. The zero-order valence-electron chi connectivity index (χ0n) is 11.2. The van der Waals surface area contributed by atoms with Crippen LogP contribution in [-0.2, 0) is 4.79 Å². The fourth-order valence-corrected chi connectivity index (χ4v) is 1.57. The normalized spacial score (nSPS) is 12.5. The molecule has 1 unspecified atom stereocenters. The standard InChI is InChI=1S/C13H28N2O/c1-4-6-8-15(9-7-5-2)13(16)10-12(3)11-14/h12H,4-11,14H2,1-3H3. The molecule has 0 heterocycles. The van der Waals surface area contributed by atoms with E-state index in [4.69, 9.17) is 5.73 Å². The molecule has 0 radical (unpaired) electrons. The van der Waals surface area contributed by atoms with E-state index < -0.39 is 0 Å². The fraction of sp³-hybridized carbons (Fsp3) is 0.923. The second kappa shape index (κ2) is 9.64. The van der Waals surface area contributed by atoms with Crippen LogP contribution in [0.4, 0.5) is 0 Å². The molecule has 0 aliphatic heterocycles. The van der Waals surface area contributed by atoms with E-state index in [1.807, 2.05) is 11.8 Å². The Bertz CT molecular complexity index is 175. The van der Waals surface area contributed by atoms with Crippen molar-refractivity contribution in [3.63, 3.8) is 0 Å². The van der Waals surface area contributed by atoms with Crippen LogP contribution in [0, 0.1) is 5.92 Å². The number of unbranched alkanes of at least 4 members (excludes halogenated alkanes) is 2. The molecular weight excluding hydrogens is 200 g/mol. The second-order valence-electron chi connectivity index (χ2n) is 4.63. The molecule has 1 amide bonds. The number of nitrogens with zero attached hydrogens (tertiary/aromatic N) is 1. The molecule has 0 aromatic carbocycles. The molecule has 0 aliphatic rings. The molecule has 0 bridgehead atoms. The number of nitrogens with two attached hydrogens (primary N) is 1. The summed E-state index contributed by atoms with van der Waals surface area (Å²) in [4.78, 5) is 14.0. The number of amides is 1.